The van der Waals surface area contributed by atoms with E-state index in [-0.39, 0.29) is 32.7 Å². The first-order chi connectivity index (χ1) is 15.2. The molecule has 31 heavy (non-hydrogen) atoms. The van der Waals surface area contributed by atoms with Crippen molar-refractivity contribution in [1.29, 1.82) is 0 Å². The summed E-state index contributed by atoms with van der Waals surface area (Å²) in [5.41, 5.74) is 2.69. The van der Waals surface area contributed by atoms with Crippen molar-refractivity contribution >= 4 is 35.7 Å². The van der Waals surface area contributed by atoms with Crippen molar-refractivity contribution < 1.29 is 14.5 Å². The van der Waals surface area contributed by atoms with Crippen molar-refractivity contribution in [2.45, 2.75) is 12.5 Å². The van der Waals surface area contributed by atoms with Crippen molar-refractivity contribution in [3.8, 4) is 17.0 Å². The van der Waals surface area contributed by atoms with E-state index in [1.807, 2.05) is 60.7 Å². The molecule has 0 aliphatic carbocycles. The van der Waals surface area contributed by atoms with Gasteiger partial charge >= 0.3 is 187 Å². The molecule has 5 nitrogen and oxygen atoms in total. The Morgan fingerprint density at radius 3 is 2.32 bits per heavy atom. The molecule has 152 valence electrons. The second kappa shape index (κ2) is 8.34. The van der Waals surface area contributed by atoms with E-state index in [0.29, 0.717) is 12.1 Å². The van der Waals surface area contributed by atoms with Gasteiger partial charge in [-0.1, -0.05) is 0 Å². The summed E-state index contributed by atoms with van der Waals surface area (Å²) >= 11 is -0.0693. The number of nitrogens with one attached hydrogen (secondary N) is 1. The number of anilines is 1. The Balaban J connectivity index is 1.55. The number of benzene rings is 3. The number of rotatable bonds is 5. The Kier molecular flexibility index (Phi) is 5.24. The molecule has 5 rings (SSSR count). The van der Waals surface area contributed by atoms with E-state index in [9.17, 15) is 9.90 Å². The average molecular weight is 473 g/mol. The minimum absolute atomic E-state index is 0.0198. The van der Waals surface area contributed by atoms with Crippen molar-refractivity contribution in [1.82, 2.24) is 4.98 Å². The Labute approximate surface area is 186 Å². The van der Waals surface area contributed by atoms with Crippen LogP contribution >= 0.6 is 0 Å². The Bertz CT molecular complexity index is 1230. The number of phenols is 1. The number of phenolic OH excluding ortho intramolecular Hbond substituents is 1. The van der Waals surface area contributed by atoms with E-state index in [1.165, 1.54) is 4.46 Å². The van der Waals surface area contributed by atoms with Crippen molar-refractivity contribution in [3.05, 3.63) is 96.7 Å². The predicted octanol–water partition coefficient (Wildman–Crippen LogP) is 2.07. The third-order valence-corrected chi connectivity index (χ3v) is 7.24. The molecule has 6 heteroatoms. The quantitative estimate of drug-likeness (QED) is 0.344. The molecule has 1 atom stereocenters. The van der Waals surface area contributed by atoms with Gasteiger partial charge in [0.2, 0.25) is 0 Å². The van der Waals surface area contributed by atoms with Crippen LogP contribution < -0.4 is 18.9 Å². The van der Waals surface area contributed by atoms with Gasteiger partial charge in [0.15, 0.2) is 0 Å². The van der Waals surface area contributed by atoms with Gasteiger partial charge in [-0.05, 0) is 0 Å². The number of aromatic hydroxyl groups is 1. The molecule has 0 fully saturated rings. The van der Waals surface area contributed by atoms with Gasteiger partial charge in [0.25, 0.3) is 0 Å². The summed E-state index contributed by atoms with van der Waals surface area (Å²) in [6.45, 7) is 0. The van der Waals surface area contributed by atoms with Gasteiger partial charge in [-0.3, -0.25) is 0 Å². The van der Waals surface area contributed by atoms with Gasteiger partial charge in [-0.2, -0.15) is 0 Å². The molecular weight excluding hydrogens is 453 g/mol. The summed E-state index contributed by atoms with van der Waals surface area (Å²) in [6, 6.07) is 26.8. The summed E-state index contributed by atoms with van der Waals surface area (Å²) < 4.78 is 3.78. The van der Waals surface area contributed by atoms with Gasteiger partial charge in [0.1, 0.15) is 0 Å². The zero-order valence-corrected chi connectivity index (χ0v) is 18.3. The molecule has 1 aromatic heterocycles. The van der Waals surface area contributed by atoms with Gasteiger partial charge in [0, 0.05) is 0 Å². The third-order valence-electron chi connectivity index (χ3n) is 5.17. The number of hydrogen-bond acceptors (Lipinski definition) is 4. The molecule has 2 heterocycles. The monoisotopic (exact) mass is 474 g/mol. The van der Waals surface area contributed by atoms with Crippen LogP contribution in [-0.2, 0) is 6.42 Å². The fraction of sp³-hybridized carbons (Fsp3) is 0.0800. The second-order valence-corrected chi connectivity index (χ2v) is 9.57. The van der Waals surface area contributed by atoms with Gasteiger partial charge < -0.3 is 0 Å². The number of carbonyl (C=O) groups excluding carboxylic acids is 1. The van der Waals surface area contributed by atoms with Crippen LogP contribution in [-0.4, -0.2) is 37.0 Å². The molecule has 0 radical (unpaired) electrons. The van der Waals surface area contributed by atoms with Gasteiger partial charge in [-0.25, -0.2) is 0 Å². The fourth-order valence-corrected chi connectivity index (χ4v) is 5.53. The maximum absolute atomic E-state index is 13.3. The minimum atomic E-state index is -0.329. The van der Waals surface area contributed by atoms with E-state index < -0.39 is 0 Å². The topological polar surface area (TPSA) is 66.1 Å². The SMILES string of the molecule is O=C1C(Cc2ccccc2)Nc2c([Se]c3ccccc3)nc(-c3ccc(O)cc3)c[n+]21. The van der Waals surface area contributed by atoms with Gasteiger partial charge in [-0.15, -0.1) is 0 Å². The standard InChI is InChI=1S/C25H19N3O2Se/c29-19-13-11-18(12-14-19)22-16-28-23(24(27-22)31-20-9-5-2-6-10-20)26-21(25(28)30)15-17-7-3-1-4-8-17/h1-14,16,21,29H,15H2/p+1. The summed E-state index contributed by atoms with van der Waals surface area (Å²) in [5, 5.41) is 13.1. The van der Waals surface area contributed by atoms with Crippen LogP contribution in [0.5, 0.6) is 5.75 Å². The van der Waals surface area contributed by atoms with Crippen LogP contribution in [0.3, 0.4) is 0 Å². The van der Waals surface area contributed by atoms with E-state index in [0.717, 1.165) is 21.5 Å². The van der Waals surface area contributed by atoms with Crippen LogP contribution in [0, 0.1) is 0 Å². The van der Waals surface area contributed by atoms with Crippen molar-refractivity contribution in [3.63, 3.8) is 0 Å². The number of fused-ring (bicyclic) bond motifs is 1. The first kappa shape index (κ1) is 19.5. The average Bonchev–Trinajstić information content (AvgIpc) is 3.11. The number of hydrogen-bond donors (Lipinski definition) is 2. The molecule has 4 aromatic rings. The summed E-state index contributed by atoms with van der Waals surface area (Å²) in [5.74, 6) is 0.996. The van der Waals surface area contributed by atoms with Crippen LogP contribution in [0.1, 0.15) is 10.4 Å². The van der Waals surface area contributed by atoms with E-state index in [4.69, 9.17) is 4.98 Å². The fourth-order valence-electron chi connectivity index (χ4n) is 3.61. The number of nitrogens with zero attached hydrogens (tertiary/aromatic N) is 2. The van der Waals surface area contributed by atoms with E-state index in [1.54, 1.807) is 22.9 Å². The van der Waals surface area contributed by atoms with Crippen LogP contribution in [0.25, 0.3) is 11.3 Å². The molecule has 0 saturated heterocycles. The summed E-state index contributed by atoms with van der Waals surface area (Å²) in [7, 11) is 0. The van der Waals surface area contributed by atoms with E-state index >= 15 is 0 Å². The van der Waals surface area contributed by atoms with Crippen LogP contribution in [0.2, 0.25) is 0 Å². The summed E-state index contributed by atoms with van der Waals surface area (Å²) in [4.78, 5) is 18.2. The Morgan fingerprint density at radius 2 is 1.61 bits per heavy atom. The molecule has 2 N–H and O–H groups in total. The first-order valence-electron chi connectivity index (χ1n) is 10.0. The zero-order chi connectivity index (χ0) is 21.2. The molecule has 0 bridgehead atoms. The van der Waals surface area contributed by atoms with Crippen LogP contribution in [0.4, 0.5) is 5.82 Å². The number of aromatic nitrogens is 2. The van der Waals surface area contributed by atoms with E-state index in [2.05, 4.69) is 17.4 Å². The molecule has 1 unspecified atom stereocenters. The zero-order valence-electron chi connectivity index (χ0n) is 16.6. The first-order valence-corrected chi connectivity index (χ1v) is 11.7. The van der Waals surface area contributed by atoms with Crippen molar-refractivity contribution in [2.24, 2.45) is 0 Å². The maximum atomic E-state index is 13.3. The molecular formula is C25H20N3O2Se+. The number of carbonyl (C=O) groups is 1. The molecule has 3 aromatic carbocycles. The van der Waals surface area contributed by atoms with Crippen molar-refractivity contribution in [2.75, 3.05) is 5.32 Å². The second-order valence-electron chi connectivity index (χ2n) is 7.34. The Hall–Kier alpha value is -3.47. The molecule has 1 aliphatic heterocycles. The Morgan fingerprint density at radius 1 is 0.935 bits per heavy atom. The van der Waals surface area contributed by atoms with Gasteiger partial charge in [0.05, 0.1) is 0 Å². The normalized spacial score (nSPS) is 14.8. The van der Waals surface area contributed by atoms with Crippen LogP contribution in [0.15, 0.2) is 91.1 Å². The summed E-state index contributed by atoms with van der Waals surface area (Å²) in [6.07, 6.45) is 2.42. The third kappa shape index (κ3) is 4.08. The molecule has 0 saturated carbocycles. The molecule has 0 spiro atoms. The predicted molar refractivity (Wildman–Crippen MR) is 121 cm³/mol. The molecule has 0 amide bonds. The molecule has 1 aliphatic rings.